The average molecular weight is 409 g/mol. The summed E-state index contributed by atoms with van der Waals surface area (Å²) in [4.78, 5) is 11.8. The molecule has 8 nitrogen and oxygen atoms in total. The zero-order valence-corrected chi connectivity index (χ0v) is 17.0. The Morgan fingerprint density at radius 3 is 2.81 bits per heavy atom. The van der Waals surface area contributed by atoms with Crippen molar-refractivity contribution in [3.63, 3.8) is 0 Å². The van der Waals surface area contributed by atoms with E-state index in [1.165, 1.54) is 5.56 Å². The number of aromatic nitrogens is 5. The molecule has 5 aromatic rings. The maximum atomic E-state index is 9.38. The summed E-state index contributed by atoms with van der Waals surface area (Å²) in [6.07, 6.45) is 3.50. The van der Waals surface area contributed by atoms with Crippen molar-refractivity contribution >= 4 is 33.6 Å². The molecule has 1 saturated heterocycles. The molecular formula is C23H19N7O. The number of nitrogens with zero attached hydrogens (tertiary/aromatic N) is 7. The lowest BCUT2D eigenvalue weighted by atomic mass is 9.96. The monoisotopic (exact) mass is 409 g/mol. The van der Waals surface area contributed by atoms with Crippen LogP contribution in [0.4, 0.5) is 5.82 Å². The third-order valence-corrected chi connectivity index (χ3v) is 6.07. The minimum absolute atomic E-state index is 0.279. The molecule has 1 aliphatic rings. The fraction of sp³-hybridized carbons (Fsp3) is 0.261. The lowest BCUT2D eigenvalue weighted by molar-refractivity contribution is 0.407. The van der Waals surface area contributed by atoms with Crippen molar-refractivity contribution in [2.45, 2.75) is 25.7 Å². The van der Waals surface area contributed by atoms with Gasteiger partial charge in [-0.25, -0.2) is 4.98 Å². The molecule has 0 atom stereocenters. The second-order valence-corrected chi connectivity index (χ2v) is 8.06. The molecule has 0 amide bonds. The quantitative estimate of drug-likeness (QED) is 0.435. The molecule has 0 bridgehead atoms. The van der Waals surface area contributed by atoms with Crippen molar-refractivity contribution in [2.75, 3.05) is 18.0 Å². The zero-order chi connectivity index (χ0) is 20.9. The molecule has 0 spiro atoms. The number of benzene rings is 2. The molecule has 4 heterocycles. The molecule has 3 aromatic heterocycles. The first kappa shape index (κ1) is 17.8. The molecule has 8 heteroatoms. The molecule has 6 rings (SSSR count). The third-order valence-electron chi connectivity index (χ3n) is 6.07. The van der Waals surface area contributed by atoms with Gasteiger partial charge in [-0.15, -0.1) is 10.2 Å². The summed E-state index contributed by atoms with van der Waals surface area (Å²) >= 11 is 0. The van der Waals surface area contributed by atoms with Gasteiger partial charge in [-0.1, -0.05) is 6.07 Å². The van der Waals surface area contributed by atoms with Gasteiger partial charge in [0.05, 0.1) is 17.1 Å². The van der Waals surface area contributed by atoms with Gasteiger partial charge in [0.25, 0.3) is 5.78 Å². The average Bonchev–Trinajstić information content (AvgIpc) is 3.45. The first-order valence-electron chi connectivity index (χ1n) is 10.4. The number of rotatable bonds is 2. The molecule has 152 valence electrons. The van der Waals surface area contributed by atoms with Gasteiger partial charge in [-0.3, -0.25) is 4.40 Å². The van der Waals surface area contributed by atoms with Gasteiger partial charge in [-0.2, -0.15) is 10.2 Å². The van der Waals surface area contributed by atoms with E-state index in [4.69, 9.17) is 14.4 Å². The van der Waals surface area contributed by atoms with Crippen LogP contribution in [0.3, 0.4) is 0 Å². The standard InChI is InChI=1S/C23H19N7O/c1-14-2-5-20-18(10-14)26-22(31-20)16-6-8-29(9-7-16)21-17-11-15(12-24)3-4-19(17)30-13-25-28-23(30)27-21/h2-5,10-11,13,16H,6-9H2,1H3. The maximum Gasteiger partial charge on any atom is 0.257 e. The van der Waals surface area contributed by atoms with Crippen molar-refractivity contribution in [3.05, 3.63) is 59.7 Å². The fourth-order valence-corrected chi connectivity index (χ4v) is 4.43. The molecule has 1 fully saturated rings. The van der Waals surface area contributed by atoms with E-state index in [9.17, 15) is 5.26 Å². The lowest BCUT2D eigenvalue weighted by Gasteiger charge is -2.32. The lowest BCUT2D eigenvalue weighted by Crippen LogP contribution is -2.34. The van der Waals surface area contributed by atoms with E-state index < -0.39 is 0 Å². The van der Waals surface area contributed by atoms with Crippen LogP contribution in [-0.2, 0) is 0 Å². The van der Waals surface area contributed by atoms with E-state index in [2.05, 4.69) is 34.2 Å². The van der Waals surface area contributed by atoms with Gasteiger partial charge in [0.1, 0.15) is 17.7 Å². The summed E-state index contributed by atoms with van der Waals surface area (Å²) in [5.74, 6) is 2.50. The van der Waals surface area contributed by atoms with Crippen molar-refractivity contribution in [3.8, 4) is 6.07 Å². The number of nitriles is 1. The molecule has 0 N–H and O–H groups in total. The van der Waals surface area contributed by atoms with Crippen LogP contribution in [0, 0.1) is 18.3 Å². The van der Waals surface area contributed by atoms with Crippen molar-refractivity contribution < 1.29 is 4.42 Å². The molecule has 1 aliphatic heterocycles. The molecule has 0 saturated carbocycles. The SMILES string of the molecule is Cc1ccc2oc(C3CCN(c4nc5nncn5c5ccc(C#N)cc45)CC3)nc2c1. The molecule has 0 radical (unpaired) electrons. The summed E-state index contributed by atoms with van der Waals surface area (Å²) in [5.41, 5.74) is 4.50. The van der Waals surface area contributed by atoms with Crippen LogP contribution < -0.4 is 4.90 Å². The van der Waals surface area contributed by atoms with Crippen LogP contribution in [0.1, 0.15) is 35.8 Å². The number of fused-ring (bicyclic) bond motifs is 4. The second-order valence-electron chi connectivity index (χ2n) is 8.06. The predicted octanol–water partition coefficient (Wildman–Crippen LogP) is 3.98. The Bertz CT molecular complexity index is 1480. The number of hydrogen-bond donors (Lipinski definition) is 0. The highest BCUT2D eigenvalue weighted by Crippen LogP contribution is 2.34. The number of oxazole rings is 1. The van der Waals surface area contributed by atoms with Gasteiger partial charge in [-0.05, 0) is 55.7 Å². The van der Waals surface area contributed by atoms with E-state index in [1.807, 2.05) is 34.7 Å². The van der Waals surface area contributed by atoms with Crippen molar-refractivity contribution in [1.82, 2.24) is 24.6 Å². The first-order chi connectivity index (χ1) is 15.2. The predicted molar refractivity (Wildman–Crippen MR) is 116 cm³/mol. The fourth-order valence-electron chi connectivity index (χ4n) is 4.43. The van der Waals surface area contributed by atoms with E-state index in [0.717, 1.165) is 59.6 Å². The van der Waals surface area contributed by atoms with Crippen LogP contribution >= 0.6 is 0 Å². The minimum atomic E-state index is 0.279. The number of hydrogen-bond acceptors (Lipinski definition) is 7. The Kier molecular flexibility index (Phi) is 3.90. The first-order valence-corrected chi connectivity index (χ1v) is 10.4. The normalized spacial score (nSPS) is 15.2. The summed E-state index contributed by atoms with van der Waals surface area (Å²) in [5, 5.41) is 18.5. The topological polar surface area (TPSA) is 96.1 Å². The highest BCUT2D eigenvalue weighted by molar-refractivity contribution is 5.92. The Balaban J connectivity index is 1.33. The summed E-state index contributed by atoms with van der Waals surface area (Å²) in [7, 11) is 0. The van der Waals surface area contributed by atoms with Crippen molar-refractivity contribution in [1.29, 1.82) is 5.26 Å². The summed E-state index contributed by atoms with van der Waals surface area (Å²) < 4.78 is 7.90. The second kappa shape index (κ2) is 6.77. The van der Waals surface area contributed by atoms with Crippen LogP contribution in [0.25, 0.3) is 27.8 Å². The third kappa shape index (κ3) is 2.89. The molecule has 0 unspecified atom stereocenters. The van der Waals surface area contributed by atoms with E-state index >= 15 is 0 Å². The largest absolute Gasteiger partial charge is 0.440 e. The van der Waals surface area contributed by atoms with Crippen LogP contribution in [0.5, 0.6) is 0 Å². The molecule has 2 aromatic carbocycles. The van der Waals surface area contributed by atoms with Gasteiger partial charge in [0.15, 0.2) is 11.5 Å². The van der Waals surface area contributed by atoms with Gasteiger partial charge < -0.3 is 9.32 Å². The van der Waals surface area contributed by atoms with Crippen LogP contribution in [-0.4, -0.2) is 37.7 Å². The van der Waals surface area contributed by atoms with Gasteiger partial charge >= 0.3 is 0 Å². The molecular weight excluding hydrogens is 390 g/mol. The Labute approximate surface area is 177 Å². The Morgan fingerprint density at radius 1 is 1.10 bits per heavy atom. The number of anilines is 1. The Morgan fingerprint density at radius 2 is 1.97 bits per heavy atom. The highest BCUT2D eigenvalue weighted by Gasteiger charge is 2.27. The molecule has 31 heavy (non-hydrogen) atoms. The summed E-state index contributed by atoms with van der Waals surface area (Å²) in [6.45, 7) is 3.71. The highest BCUT2D eigenvalue weighted by atomic mass is 16.3. The molecule has 0 aliphatic carbocycles. The number of piperidine rings is 1. The van der Waals surface area contributed by atoms with Gasteiger partial charge in [0.2, 0.25) is 0 Å². The van der Waals surface area contributed by atoms with Crippen molar-refractivity contribution in [2.24, 2.45) is 0 Å². The number of aryl methyl sites for hydroxylation is 1. The zero-order valence-electron chi connectivity index (χ0n) is 17.0. The maximum absolute atomic E-state index is 9.38. The van der Waals surface area contributed by atoms with Crippen LogP contribution in [0.2, 0.25) is 0 Å². The summed E-state index contributed by atoms with van der Waals surface area (Å²) in [6, 6.07) is 14.0. The van der Waals surface area contributed by atoms with E-state index in [0.29, 0.717) is 11.3 Å². The Hall–Kier alpha value is -3.99. The van der Waals surface area contributed by atoms with Gasteiger partial charge in [0, 0.05) is 24.4 Å². The minimum Gasteiger partial charge on any atom is -0.440 e. The van der Waals surface area contributed by atoms with Crippen LogP contribution in [0.15, 0.2) is 47.1 Å². The smallest absolute Gasteiger partial charge is 0.257 e. The van der Waals surface area contributed by atoms with E-state index in [1.54, 1.807) is 6.33 Å². The van der Waals surface area contributed by atoms with E-state index in [-0.39, 0.29) is 5.92 Å².